The molecule has 0 saturated heterocycles. The van der Waals surface area contributed by atoms with Crippen LogP contribution < -0.4 is 10.6 Å². The number of benzene rings is 1. The van der Waals surface area contributed by atoms with E-state index in [4.69, 9.17) is 0 Å². The van der Waals surface area contributed by atoms with Crippen LogP contribution in [-0.2, 0) is 0 Å². The summed E-state index contributed by atoms with van der Waals surface area (Å²) in [5, 5.41) is 7.45. The minimum absolute atomic E-state index is 0.0193. The van der Waals surface area contributed by atoms with Crippen molar-refractivity contribution in [1.82, 2.24) is 19.7 Å². The zero-order valence-corrected chi connectivity index (χ0v) is 15.2. The zero-order valence-electron chi connectivity index (χ0n) is 15.2. The molecule has 0 aliphatic heterocycles. The van der Waals surface area contributed by atoms with Gasteiger partial charge in [0.25, 0.3) is 0 Å². The molecule has 0 radical (unpaired) electrons. The Hall–Kier alpha value is -2.40. The first-order valence-corrected chi connectivity index (χ1v) is 9.02. The topological polar surface area (TPSA) is 54.2 Å². The lowest BCUT2D eigenvalue weighted by molar-refractivity contribution is 0.287. The standard InChI is InChI=1S/C20H27N5/c1-4-20(5-2,24-16(3)17-9-7-6-8-10-17)15-23-18-11-12-21-19-22-13-14-25(18)19/h6-14,16,23-24H,4-5,15H2,1-3H3. The molecule has 1 aromatic carbocycles. The number of imidazole rings is 1. The van der Waals surface area contributed by atoms with Crippen LogP contribution in [0.15, 0.2) is 55.0 Å². The van der Waals surface area contributed by atoms with Crippen molar-refractivity contribution < 1.29 is 0 Å². The predicted molar refractivity (Wildman–Crippen MR) is 103 cm³/mol. The molecule has 5 heteroatoms. The van der Waals surface area contributed by atoms with Crippen LogP contribution in [0.2, 0.25) is 0 Å². The molecule has 0 bridgehead atoms. The third kappa shape index (κ3) is 3.82. The summed E-state index contributed by atoms with van der Waals surface area (Å²) < 4.78 is 1.98. The maximum Gasteiger partial charge on any atom is 0.235 e. The SMILES string of the molecule is CCC(CC)(CNc1ccnc2nccn12)NC(C)c1ccccc1. The lowest BCUT2D eigenvalue weighted by atomic mass is 9.90. The first-order chi connectivity index (χ1) is 12.2. The Morgan fingerprint density at radius 1 is 1.04 bits per heavy atom. The maximum absolute atomic E-state index is 4.27. The van der Waals surface area contributed by atoms with Gasteiger partial charge in [0, 0.05) is 36.7 Å². The minimum Gasteiger partial charge on any atom is -0.369 e. The normalized spacial score (nSPS) is 13.1. The summed E-state index contributed by atoms with van der Waals surface area (Å²) in [4.78, 5) is 8.52. The lowest BCUT2D eigenvalue weighted by Crippen LogP contribution is -2.50. The Kier molecular flexibility index (Phi) is 5.34. The zero-order chi connectivity index (χ0) is 17.7. The van der Waals surface area contributed by atoms with Crippen LogP contribution in [0.4, 0.5) is 5.82 Å². The first-order valence-electron chi connectivity index (χ1n) is 9.02. The molecule has 2 heterocycles. The highest BCUT2D eigenvalue weighted by molar-refractivity contribution is 5.44. The van der Waals surface area contributed by atoms with Crippen molar-refractivity contribution in [3.63, 3.8) is 0 Å². The number of anilines is 1. The average Bonchev–Trinajstić information content (AvgIpc) is 3.15. The summed E-state index contributed by atoms with van der Waals surface area (Å²) in [7, 11) is 0. The van der Waals surface area contributed by atoms with Gasteiger partial charge in [0.2, 0.25) is 5.78 Å². The number of nitrogens with zero attached hydrogens (tertiary/aromatic N) is 3. The number of fused-ring (bicyclic) bond motifs is 1. The van der Waals surface area contributed by atoms with Crippen molar-refractivity contribution >= 4 is 11.6 Å². The second-order valence-electron chi connectivity index (χ2n) is 6.55. The smallest absolute Gasteiger partial charge is 0.235 e. The molecule has 0 amide bonds. The Morgan fingerprint density at radius 3 is 2.48 bits per heavy atom. The highest BCUT2D eigenvalue weighted by Gasteiger charge is 2.28. The summed E-state index contributed by atoms with van der Waals surface area (Å²) in [6, 6.07) is 12.9. The second-order valence-corrected chi connectivity index (χ2v) is 6.55. The van der Waals surface area contributed by atoms with Gasteiger partial charge in [-0.1, -0.05) is 44.2 Å². The minimum atomic E-state index is 0.0193. The molecule has 5 nitrogen and oxygen atoms in total. The van der Waals surface area contributed by atoms with Crippen molar-refractivity contribution in [2.45, 2.75) is 45.2 Å². The largest absolute Gasteiger partial charge is 0.369 e. The van der Waals surface area contributed by atoms with E-state index in [1.54, 1.807) is 12.4 Å². The molecule has 3 aromatic rings. The fraction of sp³-hybridized carbons (Fsp3) is 0.400. The number of aromatic nitrogens is 3. The lowest BCUT2D eigenvalue weighted by Gasteiger charge is -2.37. The van der Waals surface area contributed by atoms with E-state index in [1.807, 2.05) is 16.7 Å². The maximum atomic E-state index is 4.27. The number of hydrogen-bond acceptors (Lipinski definition) is 4. The Balaban J connectivity index is 1.75. The van der Waals surface area contributed by atoms with Crippen molar-refractivity contribution in [2.75, 3.05) is 11.9 Å². The Morgan fingerprint density at radius 2 is 1.76 bits per heavy atom. The van der Waals surface area contributed by atoms with Crippen LogP contribution in [0.5, 0.6) is 0 Å². The van der Waals surface area contributed by atoms with Crippen LogP contribution in [-0.4, -0.2) is 26.5 Å². The molecule has 132 valence electrons. The van der Waals surface area contributed by atoms with Crippen molar-refractivity contribution in [2.24, 2.45) is 0 Å². The molecule has 0 aliphatic carbocycles. The predicted octanol–water partition coefficient (Wildman–Crippen LogP) is 4.05. The van der Waals surface area contributed by atoms with E-state index < -0.39 is 0 Å². The van der Waals surface area contributed by atoms with E-state index >= 15 is 0 Å². The summed E-state index contributed by atoms with van der Waals surface area (Å²) in [5.41, 5.74) is 1.33. The quantitative estimate of drug-likeness (QED) is 0.651. The summed E-state index contributed by atoms with van der Waals surface area (Å²) >= 11 is 0. The third-order valence-electron chi connectivity index (χ3n) is 5.09. The molecule has 0 fully saturated rings. The number of rotatable bonds is 8. The second kappa shape index (κ2) is 7.66. The van der Waals surface area contributed by atoms with Crippen LogP contribution in [0.1, 0.15) is 45.2 Å². The van der Waals surface area contributed by atoms with Gasteiger partial charge < -0.3 is 10.6 Å². The molecular formula is C20H27N5. The summed E-state index contributed by atoms with van der Waals surface area (Å²) in [5.74, 6) is 1.73. The molecular weight excluding hydrogens is 310 g/mol. The van der Waals surface area contributed by atoms with Gasteiger partial charge in [0.15, 0.2) is 0 Å². The first kappa shape index (κ1) is 17.4. The molecule has 0 spiro atoms. The summed E-state index contributed by atoms with van der Waals surface area (Å²) in [6.45, 7) is 7.56. The fourth-order valence-electron chi connectivity index (χ4n) is 3.28. The van der Waals surface area contributed by atoms with Gasteiger partial charge in [-0.3, -0.25) is 4.40 Å². The van der Waals surface area contributed by atoms with Crippen LogP contribution in [0.25, 0.3) is 5.78 Å². The van der Waals surface area contributed by atoms with Gasteiger partial charge in [0.05, 0.1) is 0 Å². The third-order valence-corrected chi connectivity index (χ3v) is 5.09. The van der Waals surface area contributed by atoms with E-state index in [1.165, 1.54) is 5.56 Å². The molecule has 1 atom stereocenters. The Bertz CT molecular complexity index is 792. The molecule has 25 heavy (non-hydrogen) atoms. The van der Waals surface area contributed by atoms with Crippen LogP contribution in [0.3, 0.4) is 0 Å². The summed E-state index contributed by atoms with van der Waals surface area (Å²) in [6.07, 6.45) is 7.60. The van der Waals surface area contributed by atoms with E-state index in [-0.39, 0.29) is 5.54 Å². The van der Waals surface area contributed by atoms with Gasteiger partial charge in [0.1, 0.15) is 5.82 Å². The van der Waals surface area contributed by atoms with E-state index in [2.05, 4.69) is 71.7 Å². The monoisotopic (exact) mass is 337 g/mol. The van der Waals surface area contributed by atoms with Gasteiger partial charge in [-0.2, -0.15) is 0 Å². The van der Waals surface area contributed by atoms with Gasteiger partial charge in [-0.05, 0) is 31.4 Å². The number of nitrogens with one attached hydrogen (secondary N) is 2. The van der Waals surface area contributed by atoms with E-state index in [9.17, 15) is 0 Å². The van der Waals surface area contributed by atoms with Gasteiger partial charge in [-0.15, -0.1) is 0 Å². The Labute approximate surface area is 149 Å². The van der Waals surface area contributed by atoms with Crippen molar-refractivity contribution in [1.29, 1.82) is 0 Å². The van der Waals surface area contributed by atoms with Crippen molar-refractivity contribution in [3.8, 4) is 0 Å². The van der Waals surface area contributed by atoms with E-state index in [0.717, 1.165) is 25.2 Å². The van der Waals surface area contributed by atoms with Crippen molar-refractivity contribution in [3.05, 3.63) is 60.6 Å². The highest BCUT2D eigenvalue weighted by atomic mass is 15.2. The fourth-order valence-corrected chi connectivity index (χ4v) is 3.28. The van der Waals surface area contributed by atoms with Gasteiger partial charge >= 0.3 is 0 Å². The highest BCUT2D eigenvalue weighted by Crippen LogP contribution is 2.23. The van der Waals surface area contributed by atoms with E-state index in [0.29, 0.717) is 11.8 Å². The van der Waals surface area contributed by atoms with Crippen LogP contribution in [0, 0.1) is 0 Å². The van der Waals surface area contributed by atoms with Crippen LogP contribution >= 0.6 is 0 Å². The molecule has 0 saturated carbocycles. The molecule has 0 aliphatic rings. The number of hydrogen-bond donors (Lipinski definition) is 2. The molecule has 1 unspecified atom stereocenters. The molecule has 3 rings (SSSR count). The van der Waals surface area contributed by atoms with Gasteiger partial charge in [-0.25, -0.2) is 9.97 Å². The average molecular weight is 337 g/mol. The molecule has 2 aromatic heterocycles. The molecule has 2 N–H and O–H groups in total.